The van der Waals surface area contributed by atoms with E-state index in [1.54, 1.807) is 0 Å². The number of ether oxygens (including phenoxy) is 3. The van der Waals surface area contributed by atoms with Crippen molar-refractivity contribution in [3.63, 3.8) is 0 Å². The van der Waals surface area contributed by atoms with E-state index in [1.165, 1.54) is 244 Å². The number of esters is 3. The van der Waals surface area contributed by atoms with Gasteiger partial charge in [-0.2, -0.15) is 0 Å². The molecule has 69 heavy (non-hydrogen) atoms. The molecule has 0 aromatic heterocycles. The van der Waals surface area contributed by atoms with Gasteiger partial charge in [0, 0.05) is 19.3 Å². The quantitative estimate of drug-likeness (QED) is 0.0343. The maximum atomic E-state index is 12.9. The van der Waals surface area contributed by atoms with Crippen LogP contribution >= 0.6 is 0 Å². The molecule has 0 aromatic rings. The minimum Gasteiger partial charge on any atom is -0.462 e. The molecule has 6 nitrogen and oxygen atoms in total. The van der Waals surface area contributed by atoms with E-state index in [0.29, 0.717) is 19.3 Å². The number of carbonyl (C=O) groups excluding carboxylic acids is 3. The zero-order valence-corrected chi connectivity index (χ0v) is 47.5. The number of hydrogen-bond donors (Lipinski definition) is 0. The summed E-state index contributed by atoms with van der Waals surface area (Å²) in [5.41, 5.74) is 0. The minimum atomic E-state index is -0.763. The molecule has 0 N–H and O–H groups in total. The second kappa shape index (κ2) is 55.7. The van der Waals surface area contributed by atoms with Crippen molar-refractivity contribution in [2.75, 3.05) is 13.2 Å². The van der Waals surface area contributed by atoms with Crippen LogP contribution < -0.4 is 0 Å². The van der Waals surface area contributed by atoms with Crippen molar-refractivity contribution in [3.8, 4) is 0 Å². The Morgan fingerprint density at radius 2 is 0.478 bits per heavy atom. The van der Waals surface area contributed by atoms with Crippen LogP contribution in [0.1, 0.15) is 356 Å². The summed E-state index contributed by atoms with van der Waals surface area (Å²) in [6.07, 6.45) is 61.0. The van der Waals surface area contributed by atoms with Crippen molar-refractivity contribution >= 4 is 17.9 Å². The first-order valence-corrected chi connectivity index (χ1v) is 31.2. The molecule has 0 radical (unpaired) electrons. The molecule has 0 bridgehead atoms. The van der Waals surface area contributed by atoms with Gasteiger partial charge in [-0.25, -0.2) is 0 Å². The summed E-state index contributed by atoms with van der Waals surface area (Å²) in [5, 5.41) is 0. The largest absolute Gasteiger partial charge is 0.462 e. The molecule has 0 amide bonds. The van der Waals surface area contributed by atoms with Crippen molar-refractivity contribution in [3.05, 3.63) is 0 Å². The summed E-state index contributed by atoms with van der Waals surface area (Å²) in [6.45, 7) is 11.5. The highest BCUT2D eigenvalue weighted by Crippen LogP contribution is 2.19. The van der Waals surface area contributed by atoms with Crippen LogP contribution in [0.5, 0.6) is 0 Å². The topological polar surface area (TPSA) is 78.9 Å². The van der Waals surface area contributed by atoms with Gasteiger partial charge >= 0.3 is 17.9 Å². The molecule has 0 spiro atoms. The average Bonchev–Trinajstić information content (AvgIpc) is 3.32. The summed E-state index contributed by atoms with van der Waals surface area (Å²) in [4.78, 5) is 38.3. The zero-order chi connectivity index (χ0) is 50.4. The zero-order valence-electron chi connectivity index (χ0n) is 47.5. The summed E-state index contributed by atoms with van der Waals surface area (Å²) in [5.74, 6) is 0.862. The maximum absolute atomic E-state index is 12.9. The summed E-state index contributed by atoms with van der Waals surface area (Å²) in [6, 6.07) is 0. The molecule has 0 aliphatic heterocycles. The second-order valence-electron chi connectivity index (χ2n) is 22.6. The Labute approximate surface area is 431 Å². The van der Waals surface area contributed by atoms with E-state index in [9.17, 15) is 14.4 Å². The average molecular weight is 976 g/mol. The fourth-order valence-electron chi connectivity index (χ4n) is 9.76. The molecule has 0 saturated carbocycles. The molecule has 0 aliphatic rings. The lowest BCUT2D eigenvalue weighted by Crippen LogP contribution is -2.30. The Bertz CT molecular complexity index is 1060. The monoisotopic (exact) mass is 975 g/mol. The molecule has 0 saturated heterocycles. The fraction of sp³-hybridized carbons (Fsp3) is 0.952. The van der Waals surface area contributed by atoms with Crippen LogP contribution in [0.15, 0.2) is 0 Å². The van der Waals surface area contributed by atoms with Crippen molar-refractivity contribution in [2.45, 2.75) is 362 Å². The van der Waals surface area contributed by atoms with Crippen LogP contribution in [0.3, 0.4) is 0 Å². The molecular formula is C63H122O6. The molecule has 0 unspecified atom stereocenters. The van der Waals surface area contributed by atoms with Gasteiger partial charge in [-0.1, -0.05) is 317 Å². The van der Waals surface area contributed by atoms with Crippen molar-refractivity contribution in [2.24, 2.45) is 11.8 Å². The van der Waals surface area contributed by atoms with Crippen LogP contribution in [0.25, 0.3) is 0 Å². The van der Waals surface area contributed by atoms with E-state index >= 15 is 0 Å². The Morgan fingerprint density at radius 3 is 0.710 bits per heavy atom. The molecule has 0 aliphatic carbocycles. The predicted molar refractivity (Wildman–Crippen MR) is 298 cm³/mol. The van der Waals surface area contributed by atoms with E-state index in [0.717, 1.165) is 69.6 Å². The van der Waals surface area contributed by atoms with E-state index in [1.807, 2.05) is 0 Å². The van der Waals surface area contributed by atoms with Crippen LogP contribution in [-0.2, 0) is 28.6 Å². The minimum absolute atomic E-state index is 0.0620. The summed E-state index contributed by atoms with van der Waals surface area (Å²) in [7, 11) is 0. The Hall–Kier alpha value is -1.59. The van der Waals surface area contributed by atoms with Crippen molar-refractivity contribution in [1.29, 1.82) is 0 Å². The van der Waals surface area contributed by atoms with Crippen LogP contribution in [0.4, 0.5) is 0 Å². The fourth-order valence-corrected chi connectivity index (χ4v) is 9.76. The van der Waals surface area contributed by atoms with E-state index in [2.05, 4.69) is 34.6 Å². The van der Waals surface area contributed by atoms with Crippen LogP contribution in [0, 0.1) is 11.8 Å². The Morgan fingerprint density at radius 1 is 0.275 bits per heavy atom. The number of carbonyl (C=O) groups is 3. The van der Waals surface area contributed by atoms with Gasteiger partial charge in [0.05, 0.1) is 0 Å². The van der Waals surface area contributed by atoms with Crippen LogP contribution in [0.2, 0.25) is 0 Å². The third kappa shape index (κ3) is 57.2. The first-order valence-electron chi connectivity index (χ1n) is 31.2. The molecule has 410 valence electrons. The van der Waals surface area contributed by atoms with E-state index < -0.39 is 6.10 Å². The lowest BCUT2D eigenvalue weighted by atomic mass is 10.0. The number of hydrogen-bond acceptors (Lipinski definition) is 6. The molecule has 0 rings (SSSR count). The lowest BCUT2D eigenvalue weighted by Gasteiger charge is -2.18. The molecule has 1 atom stereocenters. The molecule has 0 fully saturated rings. The van der Waals surface area contributed by atoms with Crippen LogP contribution in [-0.4, -0.2) is 37.2 Å². The van der Waals surface area contributed by atoms with Gasteiger partial charge in [-0.15, -0.1) is 0 Å². The van der Waals surface area contributed by atoms with Gasteiger partial charge < -0.3 is 14.2 Å². The SMILES string of the molecule is CCCCCCCCCCCCCCCCCCC(=O)O[C@H](COC(=O)CCCCCCCCCCCCCCCCCC(C)C)COC(=O)CCCCCCCCCCCCCCCCC(C)C. The van der Waals surface area contributed by atoms with Gasteiger partial charge in [0.25, 0.3) is 0 Å². The third-order valence-corrected chi connectivity index (χ3v) is 14.5. The molecular weight excluding hydrogens is 853 g/mol. The Balaban J connectivity index is 4.29. The first-order chi connectivity index (χ1) is 33.7. The predicted octanol–water partition coefficient (Wildman–Crippen LogP) is 20.8. The smallest absolute Gasteiger partial charge is 0.306 e. The highest BCUT2D eigenvalue weighted by molar-refractivity contribution is 5.71. The molecule has 0 heterocycles. The van der Waals surface area contributed by atoms with Crippen molar-refractivity contribution in [1.82, 2.24) is 0 Å². The molecule has 6 heteroatoms. The Kier molecular flexibility index (Phi) is 54.4. The van der Waals surface area contributed by atoms with Gasteiger partial charge in [0.2, 0.25) is 0 Å². The number of rotatable bonds is 57. The van der Waals surface area contributed by atoms with Gasteiger partial charge in [0.15, 0.2) is 6.10 Å². The van der Waals surface area contributed by atoms with E-state index in [4.69, 9.17) is 14.2 Å². The normalized spacial score (nSPS) is 12.0. The highest BCUT2D eigenvalue weighted by Gasteiger charge is 2.19. The summed E-state index contributed by atoms with van der Waals surface area (Å²) < 4.78 is 16.9. The van der Waals surface area contributed by atoms with Gasteiger partial charge in [0.1, 0.15) is 13.2 Å². The standard InChI is InChI=1S/C63H122O6/c1-6-7-8-9-10-11-12-13-14-17-25-30-35-40-45-50-55-63(66)69-60(57-68-62(65)54-49-44-39-34-29-24-20-19-22-27-32-37-42-47-52-59(4)5)56-67-61(64)53-48-43-38-33-28-23-18-15-16-21-26-31-36-41-46-51-58(2)3/h58-60H,6-57H2,1-5H3/t60-/m1/s1. The summed E-state index contributed by atoms with van der Waals surface area (Å²) >= 11 is 0. The number of unbranched alkanes of at least 4 members (excludes halogenated alkanes) is 42. The van der Waals surface area contributed by atoms with Gasteiger partial charge in [-0.05, 0) is 31.1 Å². The van der Waals surface area contributed by atoms with Crippen molar-refractivity contribution < 1.29 is 28.6 Å². The maximum Gasteiger partial charge on any atom is 0.306 e. The third-order valence-electron chi connectivity index (χ3n) is 14.5. The van der Waals surface area contributed by atoms with E-state index in [-0.39, 0.29) is 31.1 Å². The lowest BCUT2D eigenvalue weighted by molar-refractivity contribution is -0.167. The van der Waals surface area contributed by atoms with Gasteiger partial charge in [-0.3, -0.25) is 14.4 Å². The molecule has 0 aromatic carbocycles. The second-order valence-corrected chi connectivity index (χ2v) is 22.6. The first kappa shape index (κ1) is 67.4. The highest BCUT2D eigenvalue weighted by atomic mass is 16.6.